The molecule has 1 atom stereocenters. The molecule has 0 spiro atoms. The number of nitrogens with zero attached hydrogens (tertiary/aromatic N) is 1. The van der Waals surface area contributed by atoms with Crippen LogP contribution in [-0.2, 0) is 0 Å². The molecule has 1 fully saturated rings. The molecule has 1 aliphatic heterocycles. The number of aliphatic hydroxyl groups is 1. The zero-order chi connectivity index (χ0) is 12.4. The lowest BCUT2D eigenvalue weighted by molar-refractivity contribution is 0.176. The Kier molecular flexibility index (Phi) is 3.33. The van der Waals surface area contributed by atoms with Gasteiger partial charge in [-0.25, -0.2) is 4.79 Å². The smallest absolute Gasteiger partial charge is 0.321 e. The second kappa shape index (κ2) is 4.75. The number of anilines is 1. The van der Waals surface area contributed by atoms with Crippen LogP contribution in [0, 0.1) is 13.8 Å². The number of hydrogen-bond acceptors (Lipinski definition) is 2. The van der Waals surface area contributed by atoms with E-state index in [1.807, 2.05) is 32.0 Å². The highest BCUT2D eigenvalue weighted by molar-refractivity contribution is 5.90. The van der Waals surface area contributed by atoms with Crippen LogP contribution in [0.25, 0.3) is 0 Å². The molecule has 0 radical (unpaired) electrons. The summed E-state index contributed by atoms with van der Waals surface area (Å²) in [6.45, 7) is 5.01. The zero-order valence-electron chi connectivity index (χ0n) is 10.2. The van der Waals surface area contributed by atoms with Gasteiger partial charge in [-0.3, -0.25) is 0 Å². The van der Waals surface area contributed by atoms with E-state index < -0.39 is 0 Å². The topological polar surface area (TPSA) is 52.6 Å². The van der Waals surface area contributed by atoms with Gasteiger partial charge in [0.05, 0.1) is 6.10 Å². The summed E-state index contributed by atoms with van der Waals surface area (Å²) >= 11 is 0. The van der Waals surface area contributed by atoms with Crippen molar-refractivity contribution in [3.05, 3.63) is 29.3 Å². The normalized spacial score (nSPS) is 19.5. The van der Waals surface area contributed by atoms with Gasteiger partial charge in [-0.2, -0.15) is 0 Å². The first-order valence-electron chi connectivity index (χ1n) is 5.87. The largest absolute Gasteiger partial charge is 0.391 e. The third kappa shape index (κ3) is 2.77. The predicted octanol–water partition coefficient (Wildman–Crippen LogP) is 1.90. The van der Waals surface area contributed by atoms with E-state index in [-0.39, 0.29) is 12.1 Å². The van der Waals surface area contributed by atoms with Crippen molar-refractivity contribution in [1.29, 1.82) is 0 Å². The molecule has 2 rings (SSSR count). The molecule has 2 N–H and O–H groups in total. The summed E-state index contributed by atoms with van der Waals surface area (Å²) in [4.78, 5) is 13.6. The van der Waals surface area contributed by atoms with Crippen LogP contribution in [0.3, 0.4) is 0 Å². The minimum atomic E-state index is -0.376. The Balaban J connectivity index is 2.05. The molecule has 1 aromatic rings. The molecule has 1 heterocycles. The lowest BCUT2D eigenvalue weighted by Gasteiger charge is -2.17. The number of benzene rings is 1. The van der Waals surface area contributed by atoms with Gasteiger partial charge in [-0.1, -0.05) is 12.1 Å². The molecule has 0 unspecified atom stereocenters. The molecular weight excluding hydrogens is 216 g/mol. The van der Waals surface area contributed by atoms with Crippen molar-refractivity contribution in [2.75, 3.05) is 18.4 Å². The summed E-state index contributed by atoms with van der Waals surface area (Å²) < 4.78 is 0. The lowest BCUT2D eigenvalue weighted by Crippen LogP contribution is -2.33. The molecule has 1 aromatic carbocycles. The highest BCUT2D eigenvalue weighted by Crippen LogP contribution is 2.18. The third-order valence-electron chi connectivity index (χ3n) is 3.09. The van der Waals surface area contributed by atoms with Crippen LogP contribution in [0.2, 0.25) is 0 Å². The predicted molar refractivity (Wildman–Crippen MR) is 67.1 cm³/mol. The fourth-order valence-corrected chi connectivity index (χ4v) is 1.99. The number of carbonyl (C=O) groups is 1. The number of likely N-dealkylation sites (tertiary alicyclic amines) is 1. The number of aliphatic hydroxyl groups excluding tert-OH is 1. The zero-order valence-corrected chi connectivity index (χ0v) is 10.2. The van der Waals surface area contributed by atoms with Crippen molar-refractivity contribution in [2.24, 2.45) is 0 Å². The molecule has 1 saturated heterocycles. The molecule has 2 amide bonds. The summed E-state index contributed by atoms with van der Waals surface area (Å²) in [5, 5.41) is 12.3. The number of aryl methyl sites for hydroxylation is 2. The number of rotatable bonds is 1. The number of urea groups is 1. The SMILES string of the molecule is Cc1ccc(C)c(NC(=O)N2CC[C@@H](O)C2)c1. The number of hydrogen-bond donors (Lipinski definition) is 2. The Hall–Kier alpha value is -1.55. The fraction of sp³-hybridized carbons (Fsp3) is 0.462. The van der Waals surface area contributed by atoms with Gasteiger partial charge in [0.25, 0.3) is 0 Å². The second-order valence-corrected chi connectivity index (χ2v) is 4.64. The van der Waals surface area contributed by atoms with E-state index in [9.17, 15) is 9.90 Å². The Bertz CT molecular complexity index is 431. The number of carbonyl (C=O) groups excluding carboxylic acids is 1. The number of nitrogens with one attached hydrogen (secondary N) is 1. The van der Waals surface area contributed by atoms with Crippen LogP contribution in [0.15, 0.2) is 18.2 Å². The average molecular weight is 234 g/mol. The van der Waals surface area contributed by atoms with Crippen molar-refractivity contribution in [3.63, 3.8) is 0 Å². The van der Waals surface area contributed by atoms with E-state index in [2.05, 4.69) is 5.32 Å². The summed E-state index contributed by atoms with van der Waals surface area (Å²) in [5.41, 5.74) is 3.01. The van der Waals surface area contributed by atoms with E-state index in [1.165, 1.54) is 0 Å². The van der Waals surface area contributed by atoms with E-state index in [0.717, 1.165) is 16.8 Å². The fourth-order valence-electron chi connectivity index (χ4n) is 1.99. The summed E-state index contributed by atoms with van der Waals surface area (Å²) in [6, 6.07) is 5.84. The van der Waals surface area contributed by atoms with Crippen LogP contribution in [0.5, 0.6) is 0 Å². The number of amides is 2. The third-order valence-corrected chi connectivity index (χ3v) is 3.09. The molecule has 4 heteroatoms. The van der Waals surface area contributed by atoms with Gasteiger partial charge in [-0.05, 0) is 37.5 Å². The second-order valence-electron chi connectivity index (χ2n) is 4.64. The van der Waals surface area contributed by atoms with Crippen molar-refractivity contribution in [1.82, 2.24) is 4.90 Å². The summed E-state index contributed by atoms with van der Waals surface area (Å²) in [6.07, 6.45) is 0.291. The Morgan fingerprint density at radius 3 is 2.88 bits per heavy atom. The van der Waals surface area contributed by atoms with Gasteiger partial charge in [0.1, 0.15) is 0 Å². The van der Waals surface area contributed by atoms with E-state index in [1.54, 1.807) is 4.90 Å². The van der Waals surface area contributed by atoms with Gasteiger partial charge in [0, 0.05) is 18.8 Å². The first-order valence-corrected chi connectivity index (χ1v) is 5.87. The summed E-state index contributed by atoms with van der Waals surface area (Å²) in [7, 11) is 0. The minimum absolute atomic E-state index is 0.129. The van der Waals surface area contributed by atoms with E-state index in [0.29, 0.717) is 19.5 Å². The Labute approximate surface area is 101 Å². The molecule has 1 aliphatic rings. The molecule has 0 aliphatic carbocycles. The highest BCUT2D eigenvalue weighted by atomic mass is 16.3. The van der Waals surface area contributed by atoms with Crippen LogP contribution < -0.4 is 5.32 Å². The van der Waals surface area contributed by atoms with Crippen LogP contribution in [-0.4, -0.2) is 35.2 Å². The molecular formula is C13H18N2O2. The van der Waals surface area contributed by atoms with Gasteiger partial charge in [0.2, 0.25) is 0 Å². The van der Waals surface area contributed by atoms with Crippen LogP contribution in [0.1, 0.15) is 17.5 Å². The molecule has 0 aromatic heterocycles. The van der Waals surface area contributed by atoms with Gasteiger partial charge in [0.15, 0.2) is 0 Å². The van der Waals surface area contributed by atoms with Crippen LogP contribution in [0.4, 0.5) is 10.5 Å². The molecule has 92 valence electrons. The maximum atomic E-state index is 11.9. The minimum Gasteiger partial charge on any atom is -0.391 e. The van der Waals surface area contributed by atoms with Gasteiger partial charge >= 0.3 is 6.03 Å². The molecule has 0 bridgehead atoms. The first kappa shape index (κ1) is 11.9. The van der Waals surface area contributed by atoms with Gasteiger partial charge < -0.3 is 15.3 Å². The first-order chi connectivity index (χ1) is 8.06. The van der Waals surface area contributed by atoms with Crippen molar-refractivity contribution >= 4 is 11.7 Å². The van der Waals surface area contributed by atoms with E-state index >= 15 is 0 Å². The average Bonchev–Trinajstić information content (AvgIpc) is 2.70. The van der Waals surface area contributed by atoms with Crippen molar-refractivity contribution < 1.29 is 9.90 Å². The number of β-amino-alcohol motifs (C(OH)–C–C–N with tert-alkyl or cyclic N) is 1. The maximum absolute atomic E-state index is 11.9. The molecule has 0 saturated carbocycles. The van der Waals surface area contributed by atoms with Crippen molar-refractivity contribution in [2.45, 2.75) is 26.4 Å². The van der Waals surface area contributed by atoms with Gasteiger partial charge in [-0.15, -0.1) is 0 Å². The Morgan fingerprint density at radius 2 is 2.24 bits per heavy atom. The monoisotopic (exact) mass is 234 g/mol. The molecule has 4 nitrogen and oxygen atoms in total. The van der Waals surface area contributed by atoms with Crippen LogP contribution >= 0.6 is 0 Å². The standard InChI is InChI=1S/C13H18N2O2/c1-9-3-4-10(2)12(7-9)14-13(17)15-6-5-11(16)8-15/h3-4,7,11,16H,5-6,8H2,1-2H3,(H,14,17)/t11-/m1/s1. The highest BCUT2D eigenvalue weighted by Gasteiger charge is 2.24. The maximum Gasteiger partial charge on any atom is 0.321 e. The quantitative estimate of drug-likeness (QED) is 0.779. The molecule has 17 heavy (non-hydrogen) atoms. The van der Waals surface area contributed by atoms with E-state index in [4.69, 9.17) is 0 Å². The Morgan fingerprint density at radius 1 is 1.47 bits per heavy atom. The lowest BCUT2D eigenvalue weighted by atomic mass is 10.1. The van der Waals surface area contributed by atoms with Crippen molar-refractivity contribution in [3.8, 4) is 0 Å². The summed E-state index contributed by atoms with van der Waals surface area (Å²) in [5.74, 6) is 0.